The number of ether oxygens (including phenoxy) is 1. The number of amides is 1. The molecule has 0 bridgehead atoms. The minimum absolute atomic E-state index is 0.169. The summed E-state index contributed by atoms with van der Waals surface area (Å²) in [6.07, 6.45) is 2.45. The first-order valence-corrected chi connectivity index (χ1v) is 6.58. The Morgan fingerprint density at radius 1 is 1.14 bits per heavy atom. The average Bonchev–Trinajstić information content (AvgIpc) is 2.54. The van der Waals surface area contributed by atoms with Gasteiger partial charge in [-0.2, -0.15) is 0 Å². The predicted octanol–water partition coefficient (Wildman–Crippen LogP) is 2.58. The van der Waals surface area contributed by atoms with Crippen LogP contribution in [0.2, 0.25) is 0 Å². The third-order valence-corrected chi connectivity index (χ3v) is 2.91. The van der Waals surface area contributed by atoms with Crippen LogP contribution in [0.4, 0.5) is 4.79 Å². The standard InChI is InChI=1S/C16H16N2O3/c1-12(15(19)14-7-9-17-10-8-14)18-16(20)21-11-13-5-3-2-4-6-13/h2-10,12H,11H2,1H3,(H,18,20)/t12-/m0/s1. The monoisotopic (exact) mass is 284 g/mol. The maximum atomic E-state index is 12.1. The summed E-state index contributed by atoms with van der Waals surface area (Å²) in [5.74, 6) is -0.186. The lowest BCUT2D eigenvalue weighted by Crippen LogP contribution is -2.38. The molecule has 0 radical (unpaired) electrons. The maximum Gasteiger partial charge on any atom is 0.408 e. The van der Waals surface area contributed by atoms with Crippen molar-refractivity contribution < 1.29 is 14.3 Å². The van der Waals surface area contributed by atoms with E-state index in [0.29, 0.717) is 5.56 Å². The van der Waals surface area contributed by atoms with Crippen molar-refractivity contribution >= 4 is 11.9 Å². The van der Waals surface area contributed by atoms with Crippen molar-refractivity contribution in [3.63, 3.8) is 0 Å². The lowest BCUT2D eigenvalue weighted by molar-refractivity contribution is 0.0926. The fraction of sp³-hybridized carbons (Fsp3) is 0.188. The molecule has 1 heterocycles. The Morgan fingerprint density at radius 2 is 1.81 bits per heavy atom. The van der Waals surface area contributed by atoms with E-state index in [9.17, 15) is 9.59 Å². The fourth-order valence-electron chi connectivity index (χ4n) is 1.77. The highest BCUT2D eigenvalue weighted by molar-refractivity contribution is 6.01. The van der Waals surface area contributed by atoms with Gasteiger partial charge in [0.1, 0.15) is 6.61 Å². The van der Waals surface area contributed by atoms with Crippen LogP contribution in [0.25, 0.3) is 0 Å². The second-order valence-electron chi connectivity index (χ2n) is 4.53. The number of benzene rings is 1. The Kier molecular flexibility index (Phi) is 5.04. The summed E-state index contributed by atoms with van der Waals surface area (Å²) in [5.41, 5.74) is 1.39. The van der Waals surface area contributed by atoms with E-state index in [1.807, 2.05) is 30.3 Å². The fourth-order valence-corrected chi connectivity index (χ4v) is 1.77. The van der Waals surface area contributed by atoms with Crippen molar-refractivity contribution in [1.29, 1.82) is 0 Å². The van der Waals surface area contributed by atoms with Gasteiger partial charge in [-0.15, -0.1) is 0 Å². The molecule has 108 valence electrons. The van der Waals surface area contributed by atoms with Crippen LogP contribution < -0.4 is 5.32 Å². The highest BCUT2D eigenvalue weighted by atomic mass is 16.5. The van der Waals surface area contributed by atoms with Crippen LogP contribution in [0.1, 0.15) is 22.8 Å². The molecule has 1 aromatic carbocycles. The Morgan fingerprint density at radius 3 is 2.48 bits per heavy atom. The number of hydrogen-bond donors (Lipinski definition) is 1. The number of carbonyl (C=O) groups is 2. The Labute approximate surface area is 123 Å². The van der Waals surface area contributed by atoms with Gasteiger partial charge in [0.15, 0.2) is 5.78 Å². The molecule has 0 aliphatic heterocycles. The average molecular weight is 284 g/mol. The summed E-state index contributed by atoms with van der Waals surface area (Å²) in [7, 11) is 0. The molecule has 1 N–H and O–H groups in total. The van der Waals surface area contributed by atoms with E-state index >= 15 is 0 Å². The number of Topliss-reactive ketones (excluding diaryl/α,β-unsaturated/α-hetero) is 1. The van der Waals surface area contributed by atoms with E-state index in [4.69, 9.17) is 4.74 Å². The van der Waals surface area contributed by atoms with Gasteiger partial charge in [0.25, 0.3) is 0 Å². The molecule has 0 aliphatic rings. The summed E-state index contributed by atoms with van der Waals surface area (Å²) < 4.78 is 5.07. The molecule has 5 heteroatoms. The molecule has 1 amide bonds. The van der Waals surface area contributed by atoms with Crippen LogP contribution in [0.15, 0.2) is 54.9 Å². The SMILES string of the molecule is C[C@H](NC(=O)OCc1ccccc1)C(=O)c1ccncc1. The first-order valence-electron chi connectivity index (χ1n) is 6.58. The van der Waals surface area contributed by atoms with Crippen LogP contribution in [-0.2, 0) is 11.3 Å². The summed E-state index contributed by atoms with van der Waals surface area (Å²) in [6.45, 7) is 1.79. The number of carbonyl (C=O) groups excluding carboxylic acids is 2. The van der Waals surface area contributed by atoms with E-state index in [1.54, 1.807) is 19.1 Å². The van der Waals surface area contributed by atoms with Crippen LogP contribution >= 0.6 is 0 Å². The minimum Gasteiger partial charge on any atom is -0.445 e. The van der Waals surface area contributed by atoms with Crippen molar-refractivity contribution in [1.82, 2.24) is 10.3 Å². The number of hydrogen-bond acceptors (Lipinski definition) is 4. The van der Waals surface area contributed by atoms with Gasteiger partial charge in [-0.05, 0) is 24.6 Å². The van der Waals surface area contributed by atoms with Gasteiger partial charge >= 0.3 is 6.09 Å². The van der Waals surface area contributed by atoms with Gasteiger partial charge < -0.3 is 10.1 Å². The second kappa shape index (κ2) is 7.19. The van der Waals surface area contributed by atoms with E-state index in [1.165, 1.54) is 12.4 Å². The molecular weight excluding hydrogens is 268 g/mol. The summed E-state index contributed by atoms with van der Waals surface area (Å²) in [4.78, 5) is 27.6. The van der Waals surface area contributed by atoms with Crippen LogP contribution in [-0.4, -0.2) is 22.9 Å². The number of alkyl carbamates (subject to hydrolysis) is 1. The molecular formula is C16H16N2O3. The van der Waals surface area contributed by atoms with Gasteiger partial charge in [0.2, 0.25) is 0 Å². The predicted molar refractivity (Wildman–Crippen MR) is 77.8 cm³/mol. The van der Waals surface area contributed by atoms with E-state index in [0.717, 1.165) is 5.56 Å². The van der Waals surface area contributed by atoms with E-state index < -0.39 is 12.1 Å². The zero-order valence-electron chi connectivity index (χ0n) is 11.7. The van der Waals surface area contributed by atoms with Crippen LogP contribution in [0.3, 0.4) is 0 Å². The first kappa shape index (κ1) is 14.7. The number of nitrogens with one attached hydrogen (secondary N) is 1. The number of pyridine rings is 1. The number of aromatic nitrogens is 1. The van der Waals surface area contributed by atoms with Gasteiger partial charge in [0, 0.05) is 18.0 Å². The maximum absolute atomic E-state index is 12.1. The van der Waals surface area contributed by atoms with Crippen LogP contribution in [0, 0.1) is 0 Å². The molecule has 0 saturated carbocycles. The van der Waals surface area contributed by atoms with E-state index in [-0.39, 0.29) is 12.4 Å². The molecule has 21 heavy (non-hydrogen) atoms. The number of ketones is 1. The molecule has 0 spiro atoms. The summed E-state index contributed by atoms with van der Waals surface area (Å²) in [6, 6.07) is 11.9. The summed E-state index contributed by atoms with van der Waals surface area (Å²) in [5, 5.41) is 2.52. The molecule has 5 nitrogen and oxygen atoms in total. The lowest BCUT2D eigenvalue weighted by Gasteiger charge is -2.13. The molecule has 2 aromatic rings. The quantitative estimate of drug-likeness (QED) is 0.857. The lowest BCUT2D eigenvalue weighted by atomic mass is 10.1. The van der Waals surface area contributed by atoms with Crippen molar-refractivity contribution in [2.75, 3.05) is 0 Å². The molecule has 1 aromatic heterocycles. The third-order valence-electron chi connectivity index (χ3n) is 2.91. The third kappa shape index (κ3) is 4.42. The smallest absolute Gasteiger partial charge is 0.408 e. The Bertz CT molecular complexity index is 599. The highest BCUT2D eigenvalue weighted by Gasteiger charge is 2.17. The van der Waals surface area contributed by atoms with Gasteiger partial charge in [0.05, 0.1) is 6.04 Å². The zero-order chi connectivity index (χ0) is 15.1. The van der Waals surface area contributed by atoms with Crippen molar-refractivity contribution in [2.45, 2.75) is 19.6 Å². The molecule has 0 fully saturated rings. The second-order valence-corrected chi connectivity index (χ2v) is 4.53. The Hall–Kier alpha value is -2.69. The number of nitrogens with zero attached hydrogens (tertiary/aromatic N) is 1. The minimum atomic E-state index is -0.657. The van der Waals surface area contributed by atoms with Gasteiger partial charge in [-0.3, -0.25) is 9.78 Å². The molecule has 2 rings (SSSR count). The molecule has 0 aliphatic carbocycles. The van der Waals surface area contributed by atoms with Crippen molar-refractivity contribution in [3.8, 4) is 0 Å². The molecule has 0 saturated heterocycles. The normalized spacial score (nSPS) is 11.5. The molecule has 1 atom stereocenters. The highest BCUT2D eigenvalue weighted by Crippen LogP contribution is 2.04. The topological polar surface area (TPSA) is 68.3 Å². The summed E-state index contributed by atoms with van der Waals surface area (Å²) >= 11 is 0. The first-order chi connectivity index (χ1) is 10.2. The zero-order valence-corrected chi connectivity index (χ0v) is 11.7. The van der Waals surface area contributed by atoms with Crippen molar-refractivity contribution in [3.05, 3.63) is 66.0 Å². The Balaban J connectivity index is 1.83. The largest absolute Gasteiger partial charge is 0.445 e. The molecule has 0 unspecified atom stereocenters. The van der Waals surface area contributed by atoms with E-state index in [2.05, 4.69) is 10.3 Å². The van der Waals surface area contributed by atoms with Gasteiger partial charge in [-0.1, -0.05) is 30.3 Å². The number of rotatable bonds is 5. The van der Waals surface area contributed by atoms with Gasteiger partial charge in [-0.25, -0.2) is 4.79 Å². The van der Waals surface area contributed by atoms with Crippen molar-refractivity contribution in [2.24, 2.45) is 0 Å². The van der Waals surface area contributed by atoms with Crippen LogP contribution in [0.5, 0.6) is 0 Å².